The van der Waals surface area contributed by atoms with Gasteiger partial charge in [0, 0.05) is 6.42 Å². The molecular weight excluding hydrogens is 298 g/mol. The average molecular weight is 312 g/mol. The van der Waals surface area contributed by atoms with E-state index in [0.29, 0.717) is 18.8 Å². The van der Waals surface area contributed by atoms with Gasteiger partial charge in [0.2, 0.25) is 0 Å². The minimum Gasteiger partial charge on any atom is -0.491 e. The van der Waals surface area contributed by atoms with Crippen molar-refractivity contribution >= 4 is 34.8 Å². The first-order valence-corrected chi connectivity index (χ1v) is 6.63. The lowest BCUT2D eigenvalue weighted by Gasteiger charge is -2.18. The molecule has 6 heteroatoms. The highest BCUT2D eigenvalue weighted by atomic mass is 35.6. The summed E-state index contributed by atoms with van der Waals surface area (Å²) in [6.45, 7) is 0.756. The molecule has 1 unspecified atom stereocenters. The SMILES string of the molecule is OCCOc1cccc(C2(CC(Cl)(Cl)Cl)CO2)c1. The molecule has 3 nitrogen and oxygen atoms in total. The largest absolute Gasteiger partial charge is 0.491 e. The van der Waals surface area contributed by atoms with E-state index in [1.807, 2.05) is 24.3 Å². The third-order valence-electron chi connectivity index (χ3n) is 2.70. The van der Waals surface area contributed by atoms with Crippen LogP contribution < -0.4 is 4.74 Å². The number of hydrogen-bond donors (Lipinski definition) is 1. The molecule has 1 N–H and O–H groups in total. The number of aliphatic hydroxyl groups excluding tert-OH is 1. The second-order valence-corrected chi connectivity index (χ2v) is 6.69. The Morgan fingerprint density at radius 3 is 2.67 bits per heavy atom. The monoisotopic (exact) mass is 310 g/mol. The molecule has 0 bridgehead atoms. The highest BCUT2D eigenvalue weighted by molar-refractivity contribution is 6.67. The summed E-state index contributed by atoms with van der Waals surface area (Å²) in [5, 5.41) is 8.72. The highest BCUT2D eigenvalue weighted by Gasteiger charge is 2.51. The summed E-state index contributed by atoms with van der Waals surface area (Å²) in [5.74, 6) is 0.667. The molecule has 1 fully saturated rings. The summed E-state index contributed by atoms with van der Waals surface area (Å²) >= 11 is 17.5. The molecule has 1 aromatic rings. The fourth-order valence-electron chi connectivity index (χ4n) is 1.81. The van der Waals surface area contributed by atoms with E-state index < -0.39 is 9.39 Å². The number of halogens is 3. The minimum absolute atomic E-state index is 0.0278. The van der Waals surface area contributed by atoms with Crippen LogP contribution in [0.2, 0.25) is 0 Å². The predicted molar refractivity (Wildman–Crippen MR) is 71.6 cm³/mol. The maximum atomic E-state index is 8.72. The Morgan fingerprint density at radius 2 is 2.11 bits per heavy atom. The first-order valence-electron chi connectivity index (χ1n) is 5.50. The molecule has 0 aliphatic carbocycles. The van der Waals surface area contributed by atoms with Crippen molar-refractivity contribution < 1.29 is 14.6 Å². The van der Waals surface area contributed by atoms with E-state index in [4.69, 9.17) is 49.4 Å². The van der Waals surface area contributed by atoms with E-state index in [9.17, 15) is 0 Å². The third-order valence-corrected chi connectivity index (χ3v) is 3.10. The van der Waals surface area contributed by atoms with Crippen LogP contribution in [0.4, 0.5) is 0 Å². The normalized spacial score (nSPS) is 22.9. The fourth-order valence-corrected chi connectivity index (χ4v) is 2.46. The Labute approximate surface area is 121 Å². The zero-order valence-electron chi connectivity index (χ0n) is 9.54. The Bertz CT molecular complexity index is 413. The molecule has 1 aliphatic rings. The summed E-state index contributed by atoms with van der Waals surface area (Å²) in [4.78, 5) is 0. The van der Waals surface area contributed by atoms with Crippen molar-refractivity contribution in [3.63, 3.8) is 0 Å². The summed E-state index contributed by atoms with van der Waals surface area (Å²) in [6.07, 6.45) is 0.300. The van der Waals surface area contributed by atoms with Crippen molar-refractivity contribution in [3.8, 4) is 5.75 Å². The van der Waals surface area contributed by atoms with E-state index >= 15 is 0 Å². The summed E-state index contributed by atoms with van der Waals surface area (Å²) in [6, 6.07) is 7.42. The first-order chi connectivity index (χ1) is 8.45. The number of alkyl halides is 3. The van der Waals surface area contributed by atoms with Gasteiger partial charge in [0.15, 0.2) is 3.79 Å². The quantitative estimate of drug-likeness (QED) is 0.671. The molecular formula is C12H13Cl3O3. The lowest BCUT2D eigenvalue weighted by Crippen LogP contribution is -2.18. The van der Waals surface area contributed by atoms with Crippen LogP contribution in [0.25, 0.3) is 0 Å². The number of benzene rings is 1. The van der Waals surface area contributed by atoms with Gasteiger partial charge in [-0.1, -0.05) is 46.9 Å². The molecule has 1 saturated heterocycles. The molecule has 1 aromatic carbocycles. The zero-order valence-corrected chi connectivity index (χ0v) is 11.8. The number of ether oxygens (including phenoxy) is 2. The van der Waals surface area contributed by atoms with Crippen molar-refractivity contribution in [1.29, 1.82) is 0 Å². The van der Waals surface area contributed by atoms with Gasteiger partial charge in [-0.2, -0.15) is 0 Å². The van der Waals surface area contributed by atoms with Gasteiger partial charge in [-0.25, -0.2) is 0 Å². The zero-order chi connectivity index (χ0) is 13.2. The second-order valence-electron chi connectivity index (χ2n) is 4.17. The molecule has 100 valence electrons. The van der Waals surface area contributed by atoms with Gasteiger partial charge in [-0.15, -0.1) is 0 Å². The van der Waals surface area contributed by atoms with Crippen LogP contribution in [0, 0.1) is 0 Å². The Kier molecular flexibility index (Phi) is 4.29. The van der Waals surface area contributed by atoms with Crippen LogP contribution in [-0.2, 0) is 10.3 Å². The average Bonchev–Trinajstić information content (AvgIpc) is 3.05. The lowest BCUT2D eigenvalue weighted by atomic mass is 9.97. The standard InChI is InChI=1S/C12H13Cl3O3/c13-12(14,15)7-11(8-18-11)9-2-1-3-10(6-9)17-5-4-16/h1-3,6,16H,4-5,7-8H2. The van der Waals surface area contributed by atoms with Crippen LogP contribution in [0.15, 0.2) is 24.3 Å². The summed E-state index contributed by atoms with van der Waals surface area (Å²) in [5.41, 5.74) is 0.397. The van der Waals surface area contributed by atoms with Crippen LogP contribution in [0.3, 0.4) is 0 Å². The maximum absolute atomic E-state index is 8.72. The van der Waals surface area contributed by atoms with Gasteiger partial charge in [0.05, 0.1) is 13.2 Å². The van der Waals surface area contributed by atoms with Crippen molar-refractivity contribution in [1.82, 2.24) is 0 Å². The van der Waals surface area contributed by atoms with Gasteiger partial charge < -0.3 is 14.6 Å². The number of hydrogen-bond acceptors (Lipinski definition) is 3. The van der Waals surface area contributed by atoms with Crippen molar-refractivity contribution in [2.75, 3.05) is 19.8 Å². The van der Waals surface area contributed by atoms with Gasteiger partial charge in [-0.3, -0.25) is 0 Å². The Balaban J connectivity index is 2.13. The summed E-state index contributed by atoms with van der Waals surface area (Å²) in [7, 11) is 0. The van der Waals surface area contributed by atoms with E-state index in [0.717, 1.165) is 5.56 Å². The van der Waals surface area contributed by atoms with E-state index in [1.54, 1.807) is 0 Å². The van der Waals surface area contributed by atoms with Crippen molar-refractivity contribution in [2.24, 2.45) is 0 Å². The molecule has 2 rings (SSSR count). The Morgan fingerprint density at radius 1 is 1.39 bits per heavy atom. The molecule has 1 atom stereocenters. The molecule has 0 radical (unpaired) electrons. The number of rotatable bonds is 5. The van der Waals surface area contributed by atoms with Crippen LogP contribution in [0.1, 0.15) is 12.0 Å². The number of epoxide rings is 1. The molecule has 1 heterocycles. The first kappa shape index (κ1) is 14.2. The predicted octanol–water partition coefficient (Wildman–Crippen LogP) is 3.04. The van der Waals surface area contributed by atoms with E-state index in [1.165, 1.54) is 0 Å². The summed E-state index contributed by atoms with van der Waals surface area (Å²) < 4.78 is 9.46. The third kappa shape index (κ3) is 3.65. The topological polar surface area (TPSA) is 42.0 Å². The number of aliphatic hydroxyl groups is 1. The van der Waals surface area contributed by atoms with Gasteiger partial charge in [0.1, 0.15) is 18.0 Å². The smallest absolute Gasteiger partial charge is 0.193 e. The van der Waals surface area contributed by atoms with Crippen LogP contribution in [-0.4, -0.2) is 28.7 Å². The molecule has 0 saturated carbocycles. The lowest BCUT2D eigenvalue weighted by molar-refractivity contribution is 0.201. The van der Waals surface area contributed by atoms with E-state index in [2.05, 4.69) is 0 Å². The van der Waals surface area contributed by atoms with Crippen LogP contribution in [0.5, 0.6) is 5.75 Å². The van der Waals surface area contributed by atoms with Gasteiger partial charge >= 0.3 is 0 Å². The van der Waals surface area contributed by atoms with Gasteiger partial charge in [0.25, 0.3) is 0 Å². The molecule has 1 aliphatic heterocycles. The fraction of sp³-hybridized carbons (Fsp3) is 0.500. The van der Waals surface area contributed by atoms with Crippen LogP contribution >= 0.6 is 34.8 Å². The second kappa shape index (κ2) is 5.43. The molecule has 0 spiro atoms. The van der Waals surface area contributed by atoms with Crippen molar-refractivity contribution in [2.45, 2.75) is 15.8 Å². The molecule has 0 amide bonds. The molecule has 18 heavy (non-hydrogen) atoms. The van der Waals surface area contributed by atoms with Crippen molar-refractivity contribution in [3.05, 3.63) is 29.8 Å². The van der Waals surface area contributed by atoms with Gasteiger partial charge in [-0.05, 0) is 17.7 Å². The minimum atomic E-state index is -1.35. The Hall–Kier alpha value is -0.190. The van der Waals surface area contributed by atoms with E-state index in [-0.39, 0.29) is 13.2 Å². The molecule has 0 aromatic heterocycles. The maximum Gasteiger partial charge on any atom is 0.193 e. The highest BCUT2D eigenvalue weighted by Crippen LogP contribution is 2.50.